The second-order valence-corrected chi connectivity index (χ2v) is 1.34. The van der Waals surface area contributed by atoms with Gasteiger partial charge in [0.05, 0.1) is 0 Å². The van der Waals surface area contributed by atoms with Gasteiger partial charge in [0.2, 0.25) is 0 Å². The summed E-state index contributed by atoms with van der Waals surface area (Å²) in [5.41, 5.74) is 0. The third-order valence-corrected chi connectivity index (χ3v) is 0. The van der Waals surface area contributed by atoms with Crippen LogP contribution in [0, 0.1) is 0 Å². The maximum atomic E-state index is 8.55. The molecule has 0 aliphatic heterocycles. The average Bonchev–Trinajstić information content (AvgIpc) is 0.722. The number of halogens is 1. The topological polar surface area (TPSA) is 86.2 Å². The SMILES string of the molecule is O=P([O-])([O-])[O-].[Al+3].[F-]. The van der Waals surface area contributed by atoms with Gasteiger partial charge in [-0.25, -0.2) is 0 Å². The molecule has 0 unspecified atom stereocenters. The van der Waals surface area contributed by atoms with Crippen LogP contribution >= 0.6 is 7.82 Å². The van der Waals surface area contributed by atoms with Gasteiger partial charge in [-0.2, -0.15) is 7.82 Å². The average molecular weight is 141 g/mol. The van der Waals surface area contributed by atoms with Crippen molar-refractivity contribution >= 4 is 25.2 Å². The second-order valence-electron chi connectivity index (χ2n) is 0.447. The third-order valence-electron chi connectivity index (χ3n) is 0. The van der Waals surface area contributed by atoms with Gasteiger partial charge in [-0.05, 0) is 0 Å². The van der Waals surface area contributed by atoms with E-state index in [9.17, 15) is 0 Å². The van der Waals surface area contributed by atoms with Crippen LogP contribution < -0.4 is 19.4 Å². The molecule has 0 saturated heterocycles. The standard InChI is InChI=1S/Al.FH.H3O4P/c;;1-5(2,3)4/h;1H;(H3,1,2,3,4)/q+3;;/p-4. The third kappa shape index (κ3) is 419. The van der Waals surface area contributed by atoms with Crippen molar-refractivity contribution in [1.82, 2.24) is 0 Å². The fourth-order valence-corrected chi connectivity index (χ4v) is 0. The molecule has 0 N–H and O–H groups in total. The van der Waals surface area contributed by atoms with Gasteiger partial charge in [0.15, 0.2) is 0 Å². The summed E-state index contributed by atoms with van der Waals surface area (Å²) in [6.45, 7) is 0. The maximum absolute atomic E-state index is 8.55. The Labute approximate surface area is 49.9 Å². The van der Waals surface area contributed by atoms with Gasteiger partial charge in [-0.15, -0.1) is 0 Å². The number of hydrogen-bond acceptors (Lipinski definition) is 4. The predicted octanol–water partition coefficient (Wildman–Crippen LogP) is -6.20. The molecule has 7 heteroatoms. The molecule has 0 amide bonds. The predicted molar refractivity (Wildman–Crippen MR) is 13.4 cm³/mol. The largest absolute Gasteiger partial charge is 3.00 e. The zero-order valence-electron chi connectivity index (χ0n) is 3.04. The van der Waals surface area contributed by atoms with Crippen LogP contribution in [0.2, 0.25) is 0 Å². The molecule has 0 spiro atoms. The van der Waals surface area contributed by atoms with Crippen LogP contribution in [0.15, 0.2) is 0 Å². The minimum atomic E-state index is -5.39. The van der Waals surface area contributed by atoms with Crippen LogP contribution in [0.1, 0.15) is 0 Å². The Kier molecular flexibility index (Phi) is 10.6. The van der Waals surface area contributed by atoms with Crippen molar-refractivity contribution in [3.8, 4) is 0 Å². The van der Waals surface area contributed by atoms with Gasteiger partial charge in [-0.1, -0.05) is 0 Å². The van der Waals surface area contributed by atoms with E-state index >= 15 is 0 Å². The summed E-state index contributed by atoms with van der Waals surface area (Å²) in [6.07, 6.45) is 0. The summed E-state index contributed by atoms with van der Waals surface area (Å²) < 4.78 is 8.55. The Bertz CT molecular complexity index is 57.8. The molecule has 4 nitrogen and oxygen atoms in total. The van der Waals surface area contributed by atoms with Crippen molar-refractivity contribution < 1.29 is 23.9 Å². The summed E-state index contributed by atoms with van der Waals surface area (Å²) in [6, 6.07) is 0. The van der Waals surface area contributed by atoms with Crippen LogP contribution in [0.5, 0.6) is 0 Å². The molecule has 0 aromatic rings. The normalized spacial score (nSPS) is 8.43. The van der Waals surface area contributed by atoms with Crippen molar-refractivity contribution in [1.29, 1.82) is 0 Å². The molecule has 0 aliphatic rings. The van der Waals surface area contributed by atoms with Gasteiger partial charge < -0.3 is 23.9 Å². The summed E-state index contributed by atoms with van der Waals surface area (Å²) in [4.78, 5) is 25.6. The van der Waals surface area contributed by atoms with Crippen LogP contribution in [0.4, 0.5) is 0 Å². The summed E-state index contributed by atoms with van der Waals surface area (Å²) in [7, 11) is -5.39. The summed E-state index contributed by atoms with van der Waals surface area (Å²) >= 11 is 0. The smallest absolute Gasteiger partial charge is 1.00 e. The first-order valence-corrected chi connectivity index (χ1v) is 2.19. The van der Waals surface area contributed by atoms with E-state index in [2.05, 4.69) is 0 Å². The Hall–Kier alpha value is 0.572. The monoisotopic (exact) mass is 141 g/mol. The Morgan fingerprint density at radius 1 is 1.14 bits per heavy atom. The number of rotatable bonds is 0. The molecule has 0 rings (SSSR count). The molecule has 40 valence electrons. The van der Waals surface area contributed by atoms with Crippen LogP contribution in [-0.4, -0.2) is 17.4 Å². The Morgan fingerprint density at radius 2 is 1.14 bits per heavy atom. The van der Waals surface area contributed by atoms with E-state index in [1.54, 1.807) is 0 Å². The van der Waals surface area contributed by atoms with E-state index in [1.165, 1.54) is 0 Å². The number of phosphoric acid groups is 1. The van der Waals surface area contributed by atoms with E-state index in [-0.39, 0.29) is 22.1 Å². The van der Waals surface area contributed by atoms with Gasteiger partial charge in [0, 0.05) is 0 Å². The molecule has 0 aromatic carbocycles. The van der Waals surface area contributed by atoms with Gasteiger partial charge in [-0.3, -0.25) is 0 Å². The molecular weight excluding hydrogens is 141 g/mol. The van der Waals surface area contributed by atoms with Crippen molar-refractivity contribution in [3.05, 3.63) is 0 Å². The quantitative estimate of drug-likeness (QED) is 0.248. The molecule has 7 heavy (non-hydrogen) atoms. The molecule has 0 atom stereocenters. The molecule has 0 bridgehead atoms. The van der Waals surface area contributed by atoms with E-state index in [1.807, 2.05) is 0 Å². The molecular formula is AlFO4P-. The fraction of sp³-hybridized carbons (Fsp3) is 0. The fourth-order valence-electron chi connectivity index (χ4n) is 0. The van der Waals surface area contributed by atoms with E-state index in [4.69, 9.17) is 19.2 Å². The zero-order valence-corrected chi connectivity index (χ0v) is 5.08. The minimum Gasteiger partial charge on any atom is -1.00 e. The van der Waals surface area contributed by atoms with E-state index in [0.717, 1.165) is 0 Å². The molecule has 0 fully saturated rings. The van der Waals surface area contributed by atoms with Crippen molar-refractivity contribution in [2.24, 2.45) is 0 Å². The van der Waals surface area contributed by atoms with Crippen molar-refractivity contribution in [3.63, 3.8) is 0 Å². The summed E-state index contributed by atoms with van der Waals surface area (Å²) in [5, 5.41) is 0. The molecule has 0 aliphatic carbocycles. The first-order chi connectivity index (χ1) is 2.00. The first kappa shape index (κ1) is 15.6. The minimum absolute atomic E-state index is 0. The molecule has 0 saturated carbocycles. The molecule has 0 radical (unpaired) electrons. The molecule has 0 heterocycles. The van der Waals surface area contributed by atoms with E-state index in [0.29, 0.717) is 0 Å². The van der Waals surface area contributed by atoms with Gasteiger partial charge in [0.25, 0.3) is 0 Å². The van der Waals surface area contributed by atoms with Crippen LogP contribution in [0.3, 0.4) is 0 Å². The number of hydrogen-bond donors (Lipinski definition) is 0. The second kappa shape index (κ2) is 4.72. The Balaban J connectivity index is -0.0000000800. The van der Waals surface area contributed by atoms with Crippen LogP contribution in [0.25, 0.3) is 0 Å². The van der Waals surface area contributed by atoms with Crippen molar-refractivity contribution in [2.75, 3.05) is 0 Å². The Morgan fingerprint density at radius 3 is 1.14 bits per heavy atom. The van der Waals surface area contributed by atoms with Crippen LogP contribution in [-0.2, 0) is 4.57 Å². The molecule has 0 aromatic heterocycles. The maximum Gasteiger partial charge on any atom is 3.00 e. The summed E-state index contributed by atoms with van der Waals surface area (Å²) in [5.74, 6) is 0. The van der Waals surface area contributed by atoms with E-state index < -0.39 is 7.82 Å². The van der Waals surface area contributed by atoms with Crippen molar-refractivity contribution in [2.45, 2.75) is 0 Å². The first-order valence-electron chi connectivity index (χ1n) is 0.730. The van der Waals surface area contributed by atoms with Gasteiger partial charge >= 0.3 is 17.4 Å². The zero-order chi connectivity index (χ0) is 4.50. The van der Waals surface area contributed by atoms with Gasteiger partial charge in [0.1, 0.15) is 0 Å².